The van der Waals surface area contributed by atoms with Crippen molar-refractivity contribution in [2.45, 2.75) is 46.4 Å². The summed E-state index contributed by atoms with van der Waals surface area (Å²) in [5.74, 6) is 0. The third-order valence-corrected chi connectivity index (χ3v) is 2.21. The minimum atomic E-state index is 0.0392. The molecule has 0 saturated heterocycles. The standard InChI is InChI=1S/C11H20N2O2/c1-9(2)13-6-5-12(11(13)14)7-8-15-10(3)4/h5-6,9-10H,7-8H2,1-4H3. The first-order valence-electron chi connectivity index (χ1n) is 5.41. The topological polar surface area (TPSA) is 36.2 Å². The highest BCUT2D eigenvalue weighted by Gasteiger charge is 2.05. The van der Waals surface area contributed by atoms with Crippen LogP contribution in [-0.4, -0.2) is 21.8 Å². The fourth-order valence-electron chi connectivity index (χ4n) is 1.38. The van der Waals surface area contributed by atoms with Crippen LogP contribution in [0, 0.1) is 0 Å². The average molecular weight is 212 g/mol. The Labute approximate surface area is 90.5 Å². The third-order valence-electron chi connectivity index (χ3n) is 2.21. The van der Waals surface area contributed by atoms with Crippen LogP contribution in [-0.2, 0) is 11.3 Å². The van der Waals surface area contributed by atoms with E-state index in [1.54, 1.807) is 9.13 Å². The van der Waals surface area contributed by atoms with Crippen LogP contribution in [0.4, 0.5) is 0 Å². The number of hydrogen-bond acceptors (Lipinski definition) is 2. The lowest BCUT2D eigenvalue weighted by atomic mass is 10.4. The molecule has 4 heteroatoms. The minimum Gasteiger partial charge on any atom is -0.377 e. The smallest absolute Gasteiger partial charge is 0.328 e. The Morgan fingerprint density at radius 1 is 1.27 bits per heavy atom. The molecule has 15 heavy (non-hydrogen) atoms. The first-order valence-corrected chi connectivity index (χ1v) is 5.41. The lowest BCUT2D eigenvalue weighted by Crippen LogP contribution is -2.26. The number of ether oxygens (including phenoxy) is 1. The molecule has 0 atom stereocenters. The maximum absolute atomic E-state index is 11.8. The molecule has 0 saturated carbocycles. The van der Waals surface area contributed by atoms with Crippen molar-refractivity contribution in [1.82, 2.24) is 9.13 Å². The Balaban J connectivity index is 2.59. The van der Waals surface area contributed by atoms with Crippen LogP contribution in [0.15, 0.2) is 17.2 Å². The summed E-state index contributed by atoms with van der Waals surface area (Å²) in [6.45, 7) is 9.17. The zero-order valence-electron chi connectivity index (χ0n) is 9.93. The van der Waals surface area contributed by atoms with Crippen molar-refractivity contribution >= 4 is 0 Å². The van der Waals surface area contributed by atoms with Crippen molar-refractivity contribution < 1.29 is 4.74 Å². The fourth-order valence-corrected chi connectivity index (χ4v) is 1.38. The number of aromatic nitrogens is 2. The van der Waals surface area contributed by atoms with E-state index in [1.165, 1.54) is 0 Å². The molecule has 0 radical (unpaired) electrons. The minimum absolute atomic E-state index is 0.0392. The highest BCUT2D eigenvalue weighted by Crippen LogP contribution is 1.99. The summed E-state index contributed by atoms with van der Waals surface area (Å²) in [6, 6.07) is 0.213. The molecule has 4 nitrogen and oxygen atoms in total. The van der Waals surface area contributed by atoms with Crippen LogP contribution in [0.5, 0.6) is 0 Å². The van der Waals surface area contributed by atoms with Crippen LogP contribution < -0.4 is 5.69 Å². The van der Waals surface area contributed by atoms with Gasteiger partial charge in [0.05, 0.1) is 19.3 Å². The molecule has 1 heterocycles. The van der Waals surface area contributed by atoms with E-state index in [1.807, 2.05) is 40.1 Å². The van der Waals surface area contributed by atoms with Gasteiger partial charge in [-0.2, -0.15) is 0 Å². The summed E-state index contributed by atoms with van der Waals surface area (Å²) in [6.07, 6.45) is 3.85. The van der Waals surface area contributed by atoms with Crippen LogP contribution in [0.1, 0.15) is 33.7 Å². The van der Waals surface area contributed by atoms with E-state index < -0.39 is 0 Å². The van der Waals surface area contributed by atoms with Gasteiger partial charge in [0, 0.05) is 18.4 Å². The largest absolute Gasteiger partial charge is 0.377 e. The zero-order chi connectivity index (χ0) is 11.4. The van der Waals surface area contributed by atoms with Gasteiger partial charge in [-0.15, -0.1) is 0 Å². The van der Waals surface area contributed by atoms with E-state index in [0.717, 1.165) is 0 Å². The van der Waals surface area contributed by atoms with Crippen molar-refractivity contribution in [3.05, 3.63) is 22.9 Å². The van der Waals surface area contributed by atoms with Gasteiger partial charge < -0.3 is 4.74 Å². The summed E-state index contributed by atoms with van der Waals surface area (Å²) in [5, 5.41) is 0. The van der Waals surface area contributed by atoms with Crippen LogP contribution in [0.25, 0.3) is 0 Å². The number of hydrogen-bond donors (Lipinski definition) is 0. The average Bonchev–Trinajstić information content (AvgIpc) is 2.47. The van der Waals surface area contributed by atoms with Crippen LogP contribution in [0.3, 0.4) is 0 Å². The number of imidazole rings is 1. The van der Waals surface area contributed by atoms with Gasteiger partial charge in [-0.25, -0.2) is 4.79 Å². The number of rotatable bonds is 5. The van der Waals surface area contributed by atoms with Gasteiger partial charge in [0.25, 0.3) is 0 Å². The van der Waals surface area contributed by atoms with Crippen molar-refractivity contribution in [3.63, 3.8) is 0 Å². The second-order valence-corrected chi connectivity index (χ2v) is 4.19. The van der Waals surface area contributed by atoms with Gasteiger partial charge >= 0.3 is 5.69 Å². The Kier molecular flexibility index (Phi) is 4.15. The molecule has 0 aliphatic rings. The number of nitrogens with zero attached hydrogens (tertiary/aromatic N) is 2. The Morgan fingerprint density at radius 2 is 1.93 bits per heavy atom. The molecule has 1 aromatic heterocycles. The van der Waals surface area contributed by atoms with Crippen molar-refractivity contribution in [2.24, 2.45) is 0 Å². The maximum atomic E-state index is 11.8. The molecule has 0 amide bonds. The summed E-state index contributed by atoms with van der Waals surface area (Å²) in [5.41, 5.74) is 0.0392. The molecular formula is C11H20N2O2. The second-order valence-electron chi connectivity index (χ2n) is 4.19. The molecule has 0 aliphatic carbocycles. The van der Waals surface area contributed by atoms with Gasteiger partial charge in [0.15, 0.2) is 0 Å². The Bertz CT molecular complexity index is 350. The van der Waals surface area contributed by atoms with Gasteiger partial charge in [-0.05, 0) is 27.7 Å². The van der Waals surface area contributed by atoms with Crippen LogP contribution >= 0.6 is 0 Å². The Hall–Kier alpha value is -1.03. The van der Waals surface area contributed by atoms with Gasteiger partial charge in [0.1, 0.15) is 0 Å². The van der Waals surface area contributed by atoms with E-state index in [9.17, 15) is 4.79 Å². The van der Waals surface area contributed by atoms with E-state index in [0.29, 0.717) is 13.2 Å². The van der Waals surface area contributed by atoms with Crippen molar-refractivity contribution in [2.75, 3.05) is 6.61 Å². The summed E-state index contributed by atoms with van der Waals surface area (Å²) >= 11 is 0. The van der Waals surface area contributed by atoms with E-state index in [-0.39, 0.29) is 17.8 Å². The lowest BCUT2D eigenvalue weighted by Gasteiger charge is -2.07. The molecule has 0 spiro atoms. The lowest BCUT2D eigenvalue weighted by molar-refractivity contribution is 0.0721. The zero-order valence-corrected chi connectivity index (χ0v) is 9.93. The molecule has 0 N–H and O–H groups in total. The summed E-state index contributed by atoms with van der Waals surface area (Å²) < 4.78 is 8.80. The highest BCUT2D eigenvalue weighted by molar-refractivity contribution is 4.83. The first-order chi connectivity index (χ1) is 7.02. The molecular weight excluding hydrogens is 192 g/mol. The summed E-state index contributed by atoms with van der Waals surface area (Å²) in [4.78, 5) is 11.8. The monoisotopic (exact) mass is 212 g/mol. The SMILES string of the molecule is CC(C)OCCn1ccn(C(C)C)c1=O. The molecule has 0 bridgehead atoms. The first kappa shape index (κ1) is 12.0. The van der Waals surface area contributed by atoms with Gasteiger partial charge in [-0.3, -0.25) is 9.13 Å². The van der Waals surface area contributed by atoms with E-state index in [2.05, 4.69) is 0 Å². The predicted molar refractivity (Wildman–Crippen MR) is 60.2 cm³/mol. The van der Waals surface area contributed by atoms with Gasteiger partial charge in [0.2, 0.25) is 0 Å². The van der Waals surface area contributed by atoms with Crippen molar-refractivity contribution in [1.29, 1.82) is 0 Å². The molecule has 0 aliphatic heterocycles. The molecule has 0 unspecified atom stereocenters. The second kappa shape index (κ2) is 5.16. The molecule has 1 rings (SSSR count). The Morgan fingerprint density at radius 3 is 2.40 bits per heavy atom. The third kappa shape index (κ3) is 3.23. The quantitative estimate of drug-likeness (QED) is 0.744. The van der Waals surface area contributed by atoms with Crippen LogP contribution in [0.2, 0.25) is 0 Å². The van der Waals surface area contributed by atoms with E-state index >= 15 is 0 Å². The molecule has 86 valence electrons. The highest BCUT2D eigenvalue weighted by atomic mass is 16.5. The molecule has 0 fully saturated rings. The molecule has 0 aromatic carbocycles. The van der Waals surface area contributed by atoms with Gasteiger partial charge in [-0.1, -0.05) is 0 Å². The molecule has 1 aromatic rings. The van der Waals surface area contributed by atoms with E-state index in [4.69, 9.17) is 4.74 Å². The maximum Gasteiger partial charge on any atom is 0.328 e. The predicted octanol–water partition coefficient (Wildman–Crippen LogP) is 1.66. The van der Waals surface area contributed by atoms with Crippen molar-refractivity contribution in [3.8, 4) is 0 Å². The summed E-state index contributed by atoms with van der Waals surface area (Å²) in [7, 11) is 0. The normalized spacial score (nSPS) is 11.6. The fraction of sp³-hybridized carbons (Fsp3) is 0.727.